The fraction of sp³-hybridized carbons (Fsp3) is 0.571. The molecule has 0 aliphatic carbocycles. The zero-order valence-corrected chi connectivity index (χ0v) is 10.3. The minimum absolute atomic E-state index is 0.178. The van der Waals surface area contributed by atoms with E-state index in [1.165, 1.54) is 6.07 Å². The molecule has 2 unspecified atom stereocenters. The van der Waals surface area contributed by atoms with Crippen molar-refractivity contribution in [1.82, 2.24) is 0 Å². The molecular formula is C14H21FO. The van der Waals surface area contributed by atoms with E-state index in [1.807, 2.05) is 6.92 Å². The lowest BCUT2D eigenvalue weighted by molar-refractivity contribution is 0.00230. The van der Waals surface area contributed by atoms with Gasteiger partial charge in [0, 0.05) is 6.42 Å². The Hall–Kier alpha value is -0.890. The van der Waals surface area contributed by atoms with Crippen LogP contribution in [0.15, 0.2) is 24.3 Å². The van der Waals surface area contributed by atoms with Gasteiger partial charge in [-0.25, -0.2) is 4.39 Å². The first-order valence-electron chi connectivity index (χ1n) is 5.93. The lowest BCUT2D eigenvalue weighted by Gasteiger charge is -2.30. The van der Waals surface area contributed by atoms with Gasteiger partial charge in [0.15, 0.2) is 0 Å². The van der Waals surface area contributed by atoms with Gasteiger partial charge < -0.3 is 5.11 Å². The Morgan fingerprint density at radius 3 is 2.56 bits per heavy atom. The molecular weight excluding hydrogens is 203 g/mol. The van der Waals surface area contributed by atoms with E-state index >= 15 is 0 Å². The minimum Gasteiger partial charge on any atom is -0.390 e. The first kappa shape index (κ1) is 13.2. The summed E-state index contributed by atoms with van der Waals surface area (Å²) >= 11 is 0. The molecule has 1 nitrogen and oxygen atoms in total. The molecule has 0 aliphatic rings. The molecule has 0 saturated heterocycles. The predicted octanol–water partition coefficient (Wildman–Crippen LogP) is 3.56. The third-order valence-electron chi connectivity index (χ3n) is 3.29. The lowest BCUT2D eigenvalue weighted by atomic mass is 9.82. The van der Waals surface area contributed by atoms with E-state index in [1.54, 1.807) is 25.1 Å². The quantitative estimate of drug-likeness (QED) is 0.811. The SMILES string of the molecule is CCCC(C)C(C)(O)Cc1ccccc1F. The highest BCUT2D eigenvalue weighted by Gasteiger charge is 2.28. The maximum Gasteiger partial charge on any atom is 0.126 e. The molecule has 16 heavy (non-hydrogen) atoms. The second kappa shape index (κ2) is 5.44. The van der Waals surface area contributed by atoms with Gasteiger partial charge in [0.05, 0.1) is 5.60 Å². The Morgan fingerprint density at radius 2 is 2.00 bits per heavy atom. The van der Waals surface area contributed by atoms with Gasteiger partial charge in [0.2, 0.25) is 0 Å². The van der Waals surface area contributed by atoms with E-state index in [-0.39, 0.29) is 11.7 Å². The summed E-state index contributed by atoms with van der Waals surface area (Å²) < 4.78 is 13.5. The van der Waals surface area contributed by atoms with Crippen molar-refractivity contribution < 1.29 is 9.50 Å². The number of hydrogen-bond acceptors (Lipinski definition) is 1. The van der Waals surface area contributed by atoms with E-state index in [4.69, 9.17) is 0 Å². The van der Waals surface area contributed by atoms with Crippen molar-refractivity contribution in [2.75, 3.05) is 0 Å². The predicted molar refractivity (Wildman–Crippen MR) is 64.8 cm³/mol. The molecule has 1 aromatic carbocycles. The molecule has 1 aromatic rings. The smallest absolute Gasteiger partial charge is 0.126 e. The Morgan fingerprint density at radius 1 is 1.38 bits per heavy atom. The number of aliphatic hydroxyl groups is 1. The summed E-state index contributed by atoms with van der Waals surface area (Å²) in [6.07, 6.45) is 2.37. The molecule has 0 amide bonds. The molecule has 0 aromatic heterocycles. The molecule has 90 valence electrons. The lowest BCUT2D eigenvalue weighted by Crippen LogP contribution is -2.35. The van der Waals surface area contributed by atoms with Crippen molar-refractivity contribution in [3.05, 3.63) is 35.6 Å². The maximum absolute atomic E-state index is 13.5. The van der Waals surface area contributed by atoms with Crippen LogP contribution in [0.4, 0.5) is 4.39 Å². The number of rotatable bonds is 5. The average Bonchev–Trinajstić information content (AvgIpc) is 2.21. The Balaban J connectivity index is 2.76. The van der Waals surface area contributed by atoms with Gasteiger partial charge in [0.1, 0.15) is 5.82 Å². The average molecular weight is 224 g/mol. The van der Waals surface area contributed by atoms with Gasteiger partial charge in [-0.05, 0) is 30.9 Å². The van der Waals surface area contributed by atoms with Crippen LogP contribution < -0.4 is 0 Å². The van der Waals surface area contributed by atoms with Crippen LogP contribution in [0.3, 0.4) is 0 Å². The summed E-state index contributed by atoms with van der Waals surface area (Å²) in [5.74, 6) is -0.0522. The van der Waals surface area contributed by atoms with E-state index in [0.29, 0.717) is 12.0 Å². The Bertz CT molecular complexity index is 333. The first-order chi connectivity index (χ1) is 7.47. The molecule has 0 saturated carbocycles. The molecule has 1 N–H and O–H groups in total. The summed E-state index contributed by atoms with van der Waals surface area (Å²) in [6, 6.07) is 6.65. The van der Waals surface area contributed by atoms with Crippen LogP contribution in [0.5, 0.6) is 0 Å². The van der Waals surface area contributed by atoms with Crippen LogP contribution in [0.1, 0.15) is 39.2 Å². The summed E-state index contributed by atoms with van der Waals surface area (Å²) in [5, 5.41) is 10.3. The minimum atomic E-state index is -0.835. The van der Waals surface area contributed by atoms with Crippen molar-refractivity contribution in [2.45, 2.75) is 45.6 Å². The van der Waals surface area contributed by atoms with E-state index in [9.17, 15) is 9.50 Å². The second-order valence-electron chi connectivity index (χ2n) is 4.82. The largest absolute Gasteiger partial charge is 0.390 e. The fourth-order valence-electron chi connectivity index (χ4n) is 1.95. The van der Waals surface area contributed by atoms with Crippen molar-refractivity contribution >= 4 is 0 Å². The fourth-order valence-corrected chi connectivity index (χ4v) is 1.95. The van der Waals surface area contributed by atoms with Crippen molar-refractivity contribution in [3.63, 3.8) is 0 Å². The van der Waals surface area contributed by atoms with Crippen LogP contribution in [-0.4, -0.2) is 10.7 Å². The second-order valence-corrected chi connectivity index (χ2v) is 4.82. The number of benzene rings is 1. The third kappa shape index (κ3) is 3.31. The molecule has 2 heteroatoms. The monoisotopic (exact) mass is 224 g/mol. The summed E-state index contributed by atoms with van der Waals surface area (Å²) in [7, 11) is 0. The van der Waals surface area contributed by atoms with Gasteiger partial charge >= 0.3 is 0 Å². The van der Waals surface area contributed by atoms with Crippen LogP contribution in [0, 0.1) is 11.7 Å². The normalized spacial score (nSPS) is 16.8. The van der Waals surface area contributed by atoms with Crippen LogP contribution in [-0.2, 0) is 6.42 Å². The molecule has 0 radical (unpaired) electrons. The molecule has 0 spiro atoms. The van der Waals surface area contributed by atoms with Crippen molar-refractivity contribution in [3.8, 4) is 0 Å². The van der Waals surface area contributed by atoms with E-state index in [2.05, 4.69) is 6.92 Å². The highest BCUT2D eigenvalue weighted by molar-refractivity contribution is 5.19. The molecule has 1 rings (SSSR count). The molecule has 0 bridgehead atoms. The Labute approximate surface area is 97.3 Å². The van der Waals surface area contributed by atoms with Crippen molar-refractivity contribution in [1.29, 1.82) is 0 Å². The topological polar surface area (TPSA) is 20.2 Å². The van der Waals surface area contributed by atoms with Gasteiger partial charge in [-0.3, -0.25) is 0 Å². The van der Waals surface area contributed by atoms with Gasteiger partial charge in [-0.15, -0.1) is 0 Å². The molecule has 0 aliphatic heterocycles. The zero-order valence-electron chi connectivity index (χ0n) is 10.3. The van der Waals surface area contributed by atoms with Crippen LogP contribution in [0.25, 0.3) is 0 Å². The van der Waals surface area contributed by atoms with Gasteiger partial charge in [-0.2, -0.15) is 0 Å². The third-order valence-corrected chi connectivity index (χ3v) is 3.29. The van der Waals surface area contributed by atoms with Crippen LogP contribution >= 0.6 is 0 Å². The summed E-state index contributed by atoms with van der Waals surface area (Å²) in [4.78, 5) is 0. The van der Waals surface area contributed by atoms with E-state index < -0.39 is 5.60 Å². The van der Waals surface area contributed by atoms with E-state index in [0.717, 1.165) is 12.8 Å². The molecule has 2 atom stereocenters. The molecule has 0 heterocycles. The number of halogens is 1. The summed E-state index contributed by atoms with van der Waals surface area (Å²) in [5.41, 5.74) is -0.242. The maximum atomic E-state index is 13.5. The zero-order chi connectivity index (χ0) is 12.2. The van der Waals surface area contributed by atoms with Crippen molar-refractivity contribution in [2.24, 2.45) is 5.92 Å². The summed E-state index contributed by atoms with van der Waals surface area (Å²) in [6.45, 7) is 5.90. The van der Waals surface area contributed by atoms with Gasteiger partial charge in [0.25, 0.3) is 0 Å². The first-order valence-corrected chi connectivity index (χ1v) is 5.93. The van der Waals surface area contributed by atoms with Gasteiger partial charge in [-0.1, -0.05) is 38.5 Å². The Kier molecular flexibility index (Phi) is 4.48. The standard InChI is InChI=1S/C14H21FO/c1-4-7-11(2)14(3,16)10-12-8-5-6-9-13(12)15/h5-6,8-9,11,16H,4,7,10H2,1-3H3. The number of hydrogen-bond donors (Lipinski definition) is 1. The highest BCUT2D eigenvalue weighted by Crippen LogP contribution is 2.26. The highest BCUT2D eigenvalue weighted by atomic mass is 19.1. The van der Waals surface area contributed by atoms with Crippen LogP contribution in [0.2, 0.25) is 0 Å². The molecule has 0 fully saturated rings.